The van der Waals surface area contributed by atoms with Gasteiger partial charge in [0.15, 0.2) is 17.5 Å². The van der Waals surface area contributed by atoms with Crippen molar-refractivity contribution in [3.63, 3.8) is 0 Å². The van der Waals surface area contributed by atoms with Gasteiger partial charge in [-0.3, -0.25) is 0 Å². The molecule has 1 heterocycles. The first kappa shape index (κ1) is 30.4. The zero-order valence-electron chi connectivity index (χ0n) is 29.2. The van der Waals surface area contributed by atoms with Crippen LogP contribution in [-0.2, 0) is 0 Å². The molecule has 1 aromatic heterocycles. The zero-order valence-corrected chi connectivity index (χ0v) is 29.2. The lowest BCUT2D eigenvalue weighted by Gasteiger charge is -2.17. The third-order valence-corrected chi connectivity index (χ3v) is 10.9. The average molecular weight is 686 g/mol. The lowest BCUT2D eigenvalue weighted by molar-refractivity contribution is 1.08. The molecule has 0 saturated heterocycles. The van der Waals surface area contributed by atoms with Gasteiger partial charge in [0.2, 0.25) is 0 Å². The molecule has 11 rings (SSSR count). The number of aromatic nitrogens is 3. The molecular formula is C51H31N3. The van der Waals surface area contributed by atoms with E-state index in [-0.39, 0.29) is 0 Å². The first-order valence-corrected chi connectivity index (χ1v) is 18.4. The van der Waals surface area contributed by atoms with Crippen molar-refractivity contribution in [1.82, 2.24) is 15.0 Å². The number of benzene rings is 10. The molecule has 0 atom stereocenters. The summed E-state index contributed by atoms with van der Waals surface area (Å²) in [6.07, 6.45) is 0. The second-order valence-corrected chi connectivity index (χ2v) is 14.0. The van der Waals surface area contributed by atoms with Gasteiger partial charge in [0.05, 0.1) is 0 Å². The average Bonchev–Trinajstić information content (AvgIpc) is 3.25. The Morgan fingerprint density at radius 1 is 0.241 bits per heavy atom. The molecule has 0 radical (unpaired) electrons. The highest BCUT2D eigenvalue weighted by atomic mass is 15.0. The maximum absolute atomic E-state index is 5.32. The number of rotatable bonds is 5. The van der Waals surface area contributed by atoms with Gasteiger partial charge in [-0.25, -0.2) is 15.0 Å². The third-order valence-electron chi connectivity index (χ3n) is 10.9. The normalized spacial score (nSPS) is 11.7. The maximum Gasteiger partial charge on any atom is 0.164 e. The minimum Gasteiger partial charge on any atom is -0.208 e. The van der Waals surface area contributed by atoms with Crippen molar-refractivity contribution in [3.8, 4) is 56.4 Å². The molecule has 0 unspecified atom stereocenters. The van der Waals surface area contributed by atoms with E-state index < -0.39 is 0 Å². The zero-order chi connectivity index (χ0) is 35.6. The van der Waals surface area contributed by atoms with Crippen LogP contribution in [0.5, 0.6) is 0 Å². The second-order valence-electron chi connectivity index (χ2n) is 14.0. The van der Waals surface area contributed by atoms with Crippen molar-refractivity contribution in [2.75, 3.05) is 0 Å². The quantitative estimate of drug-likeness (QED) is 0.169. The van der Waals surface area contributed by atoms with Crippen LogP contribution in [-0.4, -0.2) is 15.0 Å². The Morgan fingerprint density at radius 2 is 0.741 bits per heavy atom. The number of hydrogen-bond acceptors (Lipinski definition) is 3. The summed E-state index contributed by atoms with van der Waals surface area (Å²) < 4.78 is 0. The Hall–Kier alpha value is -7.23. The van der Waals surface area contributed by atoms with Crippen LogP contribution in [0.3, 0.4) is 0 Å². The molecule has 0 fully saturated rings. The molecular weight excluding hydrogens is 655 g/mol. The highest BCUT2D eigenvalue weighted by molar-refractivity contribution is 6.26. The molecule has 54 heavy (non-hydrogen) atoms. The minimum atomic E-state index is 0.643. The summed E-state index contributed by atoms with van der Waals surface area (Å²) in [5.41, 5.74) is 7.56. The van der Waals surface area contributed by atoms with Gasteiger partial charge in [-0.15, -0.1) is 0 Å². The fourth-order valence-corrected chi connectivity index (χ4v) is 8.33. The van der Waals surface area contributed by atoms with E-state index in [9.17, 15) is 0 Å². The van der Waals surface area contributed by atoms with Gasteiger partial charge in [0.1, 0.15) is 0 Å². The number of hydrogen-bond donors (Lipinski definition) is 0. The smallest absolute Gasteiger partial charge is 0.164 e. The molecule has 250 valence electrons. The molecule has 11 aromatic rings. The van der Waals surface area contributed by atoms with Gasteiger partial charge < -0.3 is 0 Å². The largest absolute Gasteiger partial charge is 0.208 e. The molecule has 3 heteroatoms. The summed E-state index contributed by atoms with van der Waals surface area (Å²) in [5, 5.41) is 12.2. The molecule has 0 aliphatic carbocycles. The van der Waals surface area contributed by atoms with E-state index in [0.717, 1.165) is 49.4 Å². The van der Waals surface area contributed by atoms with Crippen LogP contribution in [0.4, 0.5) is 0 Å². The molecule has 0 bridgehead atoms. The molecule has 0 spiro atoms. The summed E-state index contributed by atoms with van der Waals surface area (Å²) in [4.78, 5) is 15.7. The standard InChI is InChI=1S/C51H31N3/c1-3-12-32(13-4-1)38-30-37-16-7-8-19-39(37)46(31-38)51-53-49(36-14-5-2-6-15-36)52-50(54-51)45-29-28-42(40-20-9-10-21-41(40)45)43-26-24-35-23-22-33-17-11-18-34-25-27-44(43)48(35)47(33)34/h1-31H. The Balaban J connectivity index is 1.15. The van der Waals surface area contributed by atoms with Crippen LogP contribution in [0.15, 0.2) is 188 Å². The van der Waals surface area contributed by atoms with Gasteiger partial charge in [0.25, 0.3) is 0 Å². The van der Waals surface area contributed by atoms with Crippen LogP contribution in [0.25, 0.3) is 110 Å². The van der Waals surface area contributed by atoms with E-state index in [1.807, 2.05) is 18.2 Å². The highest BCUT2D eigenvalue weighted by Crippen LogP contribution is 2.43. The predicted octanol–water partition coefficient (Wildman–Crippen LogP) is 13.4. The van der Waals surface area contributed by atoms with Crippen LogP contribution in [0.1, 0.15) is 0 Å². The molecule has 0 aliphatic heterocycles. The Labute approximate surface area is 312 Å². The van der Waals surface area contributed by atoms with Gasteiger partial charge in [-0.1, -0.05) is 170 Å². The molecule has 0 saturated carbocycles. The van der Waals surface area contributed by atoms with E-state index >= 15 is 0 Å². The van der Waals surface area contributed by atoms with Crippen LogP contribution in [0, 0.1) is 0 Å². The van der Waals surface area contributed by atoms with Crippen LogP contribution in [0.2, 0.25) is 0 Å². The van der Waals surface area contributed by atoms with Crippen LogP contribution >= 0.6 is 0 Å². The summed E-state index contributed by atoms with van der Waals surface area (Å²) in [6.45, 7) is 0. The first-order chi connectivity index (χ1) is 26.8. The molecule has 3 nitrogen and oxygen atoms in total. The number of nitrogens with zero attached hydrogens (tertiary/aromatic N) is 3. The van der Waals surface area contributed by atoms with E-state index in [1.165, 1.54) is 43.4 Å². The maximum atomic E-state index is 5.32. The van der Waals surface area contributed by atoms with Gasteiger partial charge in [-0.05, 0) is 94.3 Å². The topological polar surface area (TPSA) is 38.7 Å². The van der Waals surface area contributed by atoms with Gasteiger partial charge in [-0.2, -0.15) is 0 Å². The molecule has 0 amide bonds. The highest BCUT2D eigenvalue weighted by Gasteiger charge is 2.19. The minimum absolute atomic E-state index is 0.643. The SMILES string of the molecule is c1ccc(-c2cc(-c3nc(-c4ccccc4)nc(-c4ccc(-c5ccc6ccc7cccc8ccc5c6c78)c5ccccc45)n3)c3ccccc3c2)cc1. The second kappa shape index (κ2) is 12.2. The van der Waals surface area contributed by atoms with Gasteiger partial charge in [0, 0.05) is 16.7 Å². The van der Waals surface area contributed by atoms with Crippen molar-refractivity contribution in [2.45, 2.75) is 0 Å². The predicted molar refractivity (Wildman–Crippen MR) is 226 cm³/mol. The summed E-state index contributed by atoms with van der Waals surface area (Å²) in [7, 11) is 0. The fraction of sp³-hybridized carbons (Fsp3) is 0. The Morgan fingerprint density at radius 3 is 1.50 bits per heavy atom. The van der Waals surface area contributed by atoms with Crippen molar-refractivity contribution in [2.24, 2.45) is 0 Å². The summed E-state index contributed by atoms with van der Waals surface area (Å²) >= 11 is 0. The van der Waals surface area contributed by atoms with Crippen LogP contribution < -0.4 is 0 Å². The van der Waals surface area contributed by atoms with E-state index in [0.29, 0.717) is 17.5 Å². The van der Waals surface area contributed by atoms with E-state index in [4.69, 9.17) is 15.0 Å². The van der Waals surface area contributed by atoms with Crippen molar-refractivity contribution < 1.29 is 0 Å². The Bertz CT molecular complexity index is 3190. The number of fused-ring (bicyclic) bond motifs is 2. The summed E-state index contributed by atoms with van der Waals surface area (Å²) in [6, 6.07) is 67.0. The lowest BCUT2D eigenvalue weighted by atomic mass is 9.87. The monoisotopic (exact) mass is 685 g/mol. The molecule has 0 aliphatic rings. The van der Waals surface area contributed by atoms with E-state index in [2.05, 4.69) is 170 Å². The molecule has 10 aromatic carbocycles. The summed E-state index contributed by atoms with van der Waals surface area (Å²) in [5.74, 6) is 1.93. The van der Waals surface area contributed by atoms with E-state index in [1.54, 1.807) is 0 Å². The first-order valence-electron chi connectivity index (χ1n) is 18.4. The molecule has 0 N–H and O–H groups in total. The third kappa shape index (κ3) is 4.87. The Kier molecular flexibility index (Phi) is 6.86. The van der Waals surface area contributed by atoms with Crippen molar-refractivity contribution in [1.29, 1.82) is 0 Å². The van der Waals surface area contributed by atoms with Crippen molar-refractivity contribution in [3.05, 3.63) is 188 Å². The van der Waals surface area contributed by atoms with Crippen molar-refractivity contribution >= 4 is 53.9 Å². The van der Waals surface area contributed by atoms with Gasteiger partial charge >= 0.3 is 0 Å². The lowest BCUT2D eigenvalue weighted by Crippen LogP contribution is -2.01. The fourth-order valence-electron chi connectivity index (χ4n) is 8.33.